The molecule has 2 aromatic rings. The zero-order valence-electron chi connectivity index (χ0n) is 17.7. The van der Waals surface area contributed by atoms with Crippen molar-refractivity contribution in [3.63, 3.8) is 0 Å². The molecule has 1 aliphatic carbocycles. The lowest BCUT2D eigenvalue weighted by molar-refractivity contribution is -0.137. The number of carbonyl (C=O) groups is 1. The molecule has 3 rings (SSSR count). The molecule has 174 valence electrons. The lowest BCUT2D eigenvalue weighted by Crippen LogP contribution is -2.53. The third-order valence-corrected chi connectivity index (χ3v) is 8.80. The van der Waals surface area contributed by atoms with Crippen molar-refractivity contribution in [3.05, 3.63) is 58.6 Å². The van der Waals surface area contributed by atoms with Crippen LogP contribution in [0.4, 0.5) is 13.2 Å². The fourth-order valence-corrected chi connectivity index (χ4v) is 5.75. The van der Waals surface area contributed by atoms with Crippen LogP contribution in [-0.4, -0.2) is 32.2 Å². The summed E-state index contributed by atoms with van der Waals surface area (Å²) >= 11 is 5.99. The number of halogens is 4. The van der Waals surface area contributed by atoms with E-state index < -0.39 is 26.3 Å². The Hall–Kier alpha value is -2.26. The van der Waals surface area contributed by atoms with Crippen LogP contribution < -0.4 is 10.1 Å². The summed E-state index contributed by atoms with van der Waals surface area (Å²) in [5.74, 6) is -0.267. The van der Waals surface area contributed by atoms with Crippen LogP contribution in [0.3, 0.4) is 0 Å². The third kappa shape index (κ3) is 4.73. The highest BCUT2D eigenvalue weighted by Gasteiger charge is 2.49. The van der Waals surface area contributed by atoms with Gasteiger partial charge in [-0.25, -0.2) is 8.42 Å². The van der Waals surface area contributed by atoms with E-state index in [0.717, 1.165) is 12.1 Å². The minimum atomic E-state index is -4.63. The maximum Gasteiger partial charge on any atom is 0.416 e. The van der Waals surface area contributed by atoms with Crippen molar-refractivity contribution in [2.24, 2.45) is 5.92 Å². The Balaban J connectivity index is 1.70. The first-order valence-electron chi connectivity index (χ1n) is 9.83. The third-order valence-electron chi connectivity index (χ3n) is 5.99. The van der Waals surface area contributed by atoms with E-state index >= 15 is 0 Å². The van der Waals surface area contributed by atoms with Crippen LogP contribution >= 0.6 is 11.6 Å². The minimum Gasteiger partial charge on any atom is -0.497 e. The summed E-state index contributed by atoms with van der Waals surface area (Å²) in [5, 5.41) is 3.18. The Morgan fingerprint density at radius 2 is 1.78 bits per heavy atom. The van der Waals surface area contributed by atoms with Crippen LogP contribution in [0.2, 0.25) is 5.02 Å². The molecule has 1 amide bonds. The maximum atomic E-state index is 13.1. The quantitative estimate of drug-likeness (QED) is 0.610. The monoisotopic (exact) mass is 489 g/mol. The molecule has 0 aromatic heterocycles. The molecule has 0 radical (unpaired) electrons. The number of methoxy groups -OCH3 is 1. The average molecular weight is 490 g/mol. The first kappa shape index (κ1) is 24.4. The molecule has 1 saturated carbocycles. The van der Waals surface area contributed by atoms with E-state index in [1.165, 1.54) is 33.1 Å². The maximum absolute atomic E-state index is 13.1. The highest BCUT2D eigenvalue weighted by Crippen LogP contribution is 2.44. The molecule has 32 heavy (non-hydrogen) atoms. The predicted octanol–water partition coefficient (Wildman–Crippen LogP) is 5.13. The molecule has 0 bridgehead atoms. The van der Waals surface area contributed by atoms with Crippen molar-refractivity contribution in [2.45, 2.75) is 48.5 Å². The standard InChI is InChI=1S/C22H23ClF3NO4S/c1-21(2,32(29,30)19-6-4-5-14(11-19)22(24,25)26)15-9-17(10-15)27-20(28)13-7-16(23)12-18(8-13)31-3/h4-8,11-12,15,17H,9-10H2,1-3H3,(H,27,28)/t15-,17+. The van der Waals surface area contributed by atoms with Crippen molar-refractivity contribution < 1.29 is 31.1 Å². The Labute approximate surface area is 189 Å². The lowest BCUT2D eigenvalue weighted by atomic mass is 9.73. The molecule has 2 aromatic carbocycles. The fourth-order valence-electron chi connectivity index (χ4n) is 3.75. The Bertz CT molecular complexity index is 1130. The topological polar surface area (TPSA) is 72.5 Å². The van der Waals surface area contributed by atoms with Crippen LogP contribution in [0.1, 0.15) is 42.6 Å². The number of carbonyl (C=O) groups excluding carboxylic acids is 1. The molecule has 0 atom stereocenters. The average Bonchev–Trinajstić information content (AvgIpc) is 2.68. The van der Waals surface area contributed by atoms with Crippen molar-refractivity contribution in [1.82, 2.24) is 5.32 Å². The molecular weight excluding hydrogens is 467 g/mol. The molecule has 0 heterocycles. The molecule has 5 nitrogen and oxygen atoms in total. The molecule has 0 unspecified atom stereocenters. The zero-order valence-corrected chi connectivity index (χ0v) is 19.2. The van der Waals surface area contributed by atoms with Gasteiger partial charge in [-0.3, -0.25) is 4.79 Å². The second-order valence-electron chi connectivity index (χ2n) is 8.35. The van der Waals surface area contributed by atoms with Gasteiger partial charge in [0.1, 0.15) is 5.75 Å². The number of alkyl halides is 3. The normalized spacial score (nSPS) is 19.2. The summed E-state index contributed by atoms with van der Waals surface area (Å²) < 4.78 is 69.1. The SMILES string of the molecule is COc1cc(Cl)cc(C(=O)N[C@H]2C[C@@H](C(C)(C)S(=O)(=O)c3cccc(C(F)(F)F)c3)C2)c1. The first-order valence-corrected chi connectivity index (χ1v) is 11.7. The van der Waals surface area contributed by atoms with Crippen LogP contribution in [0, 0.1) is 5.92 Å². The van der Waals surface area contributed by atoms with Crippen molar-refractivity contribution in [2.75, 3.05) is 7.11 Å². The van der Waals surface area contributed by atoms with Gasteiger partial charge in [-0.1, -0.05) is 17.7 Å². The van der Waals surface area contributed by atoms with Crippen LogP contribution in [0.15, 0.2) is 47.4 Å². The van der Waals surface area contributed by atoms with Crippen LogP contribution in [0.25, 0.3) is 0 Å². The van der Waals surface area contributed by atoms with Gasteiger partial charge in [0.15, 0.2) is 9.84 Å². The Morgan fingerprint density at radius 1 is 1.12 bits per heavy atom. The van der Waals surface area contributed by atoms with Gasteiger partial charge in [0.2, 0.25) is 0 Å². The van der Waals surface area contributed by atoms with E-state index in [0.29, 0.717) is 35.2 Å². The van der Waals surface area contributed by atoms with E-state index in [4.69, 9.17) is 16.3 Å². The molecular formula is C22H23ClF3NO4S. The number of amides is 1. The van der Waals surface area contributed by atoms with Gasteiger partial charge in [-0.05, 0) is 69.0 Å². The number of hydrogen-bond acceptors (Lipinski definition) is 4. The van der Waals surface area contributed by atoms with Crippen molar-refractivity contribution >= 4 is 27.3 Å². The van der Waals surface area contributed by atoms with Gasteiger partial charge in [0, 0.05) is 16.6 Å². The largest absolute Gasteiger partial charge is 0.497 e. The highest BCUT2D eigenvalue weighted by molar-refractivity contribution is 7.92. The van der Waals surface area contributed by atoms with E-state index in [1.54, 1.807) is 12.1 Å². The summed E-state index contributed by atoms with van der Waals surface area (Å²) in [6.45, 7) is 3.01. The summed E-state index contributed by atoms with van der Waals surface area (Å²) in [7, 11) is -2.59. The second-order valence-corrected chi connectivity index (χ2v) is 11.3. The number of ether oxygens (including phenoxy) is 1. The molecule has 1 aliphatic rings. The second kappa shape index (κ2) is 8.59. The van der Waals surface area contributed by atoms with Gasteiger partial charge in [-0.15, -0.1) is 0 Å². The van der Waals surface area contributed by atoms with Gasteiger partial charge in [0.25, 0.3) is 5.91 Å². The van der Waals surface area contributed by atoms with Crippen LogP contribution in [0.5, 0.6) is 5.75 Å². The summed E-state index contributed by atoms with van der Waals surface area (Å²) in [6.07, 6.45) is -3.87. The molecule has 10 heteroatoms. The summed E-state index contributed by atoms with van der Waals surface area (Å²) in [6, 6.07) is 8.13. The summed E-state index contributed by atoms with van der Waals surface area (Å²) in [5.41, 5.74) is -0.696. The van der Waals surface area contributed by atoms with Gasteiger partial charge in [0.05, 0.1) is 22.3 Å². The van der Waals surface area contributed by atoms with E-state index in [9.17, 15) is 26.4 Å². The van der Waals surface area contributed by atoms with Crippen molar-refractivity contribution in [3.8, 4) is 5.75 Å². The van der Waals surface area contributed by atoms with Crippen molar-refractivity contribution in [1.29, 1.82) is 0 Å². The molecule has 1 fully saturated rings. The number of hydrogen-bond donors (Lipinski definition) is 1. The van der Waals surface area contributed by atoms with Crippen LogP contribution in [-0.2, 0) is 16.0 Å². The number of rotatable bonds is 6. The van der Waals surface area contributed by atoms with E-state index in [1.807, 2.05) is 0 Å². The van der Waals surface area contributed by atoms with Gasteiger partial charge >= 0.3 is 6.18 Å². The first-order chi connectivity index (χ1) is 14.8. The number of sulfone groups is 1. The fraction of sp³-hybridized carbons (Fsp3) is 0.409. The zero-order chi connectivity index (χ0) is 23.9. The minimum absolute atomic E-state index is 0.256. The molecule has 1 N–H and O–H groups in total. The molecule has 0 spiro atoms. The lowest BCUT2D eigenvalue weighted by Gasteiger charge is -2.45. The smallest absolute Gasteiger partial charge is 0.416 e. The van der Waals surface area contributed by atoms with E-state index in [-0.39, 0.29) is 22.8 Å². The molecule has 0 aliphatic heterocycles. The Morgan fingerprint density at radius 3 is 2.38 bits per heavy atom. The highest BCUT2D eigenvalue weighted by atomic mass is 35.5. The van der Waals surface area contributed by atoms with Gasteiger partial charge < -0.3 is 10.1 Å². The number of nitrogens with one attached hydrogen (secondary N) is 1. The van der Waals surface area contributed by atoms with E-state index in [2.05, 4.69) is 5.32 Å². The number of benzene rings is 2. The Kier molecular flexibility index (Phi) is 6.55. The summed E-state index contributed by atoms with van der Waals surface area (Å²) in [4.78, 5) is 12.2. The molecule has 0 saturated heterocycles. The van der Waals surface area contributed by atoms with Gasteiger partial charge in [-0.2, -0.15) is 13.2 Å². The predicted molar refractivity (Wildman–Crippen MR) is 115 cm³/mol.